The highest BCUT2D eigenvalue weighted by molar-refractivity contribution is 8.00. The van der Waals surface area contributed by atoms with E-state index >= 15 is 0 Å². The van der Waals surface area contributed by atoms with Crippen molar-refractivity contribution in [1.82, 2.24) is 10.3 Å². The fourth-order valence-corrected chi connectivity index (χ4v) is 2.41. The van der Waals surface area contributed by atoms with Gasteiger partial charge in [-0.1, -0.05) is 11.8 Å². The van der Waals surface area contributed by atoms with E-state index in [1.807, 2.05) is 27.7 Å². The number of rotatable bonds is 3. The summed E-state index contributed by atoms with van der Waals surface area (Å²) >= 11 is 1.29. The maximum Gasteiger partial charge on any atom is 0.257 e. The molecule has 5 nitrogen and oxygen atoms in total. The molecule has 2 rings (SSSR count). The molecular formula is C14H19N3O2S. The summed E-state index contributed by atoms with van der Waals surface area (Å²) in [6.45, 7) is 7.68. The van der Waals surface area contributed by atoms with Gasteiger partial charge in [-0.3, -0.25) is 4.79 Å². The van der Waals surface area contributed by atoms with Crippen molar-refractivity contribution in [2.45, 2.75) is 43.7 Å². The molecule has 2 aromatic rings. The summed E-state index contributed by atoms with van der Waals surface area (Å²) in [6, 6.07) is 5.29. The van der Waals surface area contributed by atoms with Crippen LogP contribution in [0.5, 0.6) is 0 Å². The van der Waals surface area contributed by atoms with Crippen LogP contribution in [0.1, 0.15) is 27.7 Å². The standard InChI is InChI=1S/C14H19N3O2S/c1-8(12(18)17-14(2,3)4)20-13-16-10-7-9(15)5-6-11(10)19-13/h5-8H,15H2,1-4H3,(H,17,18). The summed E-state index contributed by atoms with van der Waals surface area (Å²) in [5, 5.41) is 3.13. The first kappa shape index (κ1) is 14.7. The number of carbonyl (C=O) groups excluding carboxylic acids is 1. The van der Waals surface area contributed by atoms with Crippen molar-refractivity contribution < 1.29 is 9.21 Å². The van der Waals surface area contributed by atoms with Crippen molar-refractivity contribution in [1.29, 1.82) is 0 Å². The molecular weight excluding hydrogens is 274 g/mol. The number of fused-ring (bicyclic) bond motifs is 1. The van der Waals surface area contributed by atoms with E-state index in [2.05, 4.69) is 10.3 Å². The van der Waals surface area contributed by atoms with Crippen LogP contribution in [0.2, 0.25) is 0 Å². The molecule has 0 fully saturated rings. The number of aromatic nitrogens is 1. The predicted molar refractivity (Wildman–Crippen MR) is 81.6 cm³/mol. The van der Waals surface area contributed by atoms with Gasteiger partial charge in [-0.25, -0.2) is 4.98 Å². The molecule has 1 atom stereocenters. The van der Waals surface area contributed by atoms with E-state index in [-0.39, 0.29) is 16.7 Å². The molecule has 0 saturated carbocycles. The highest BCUT2D eigenvalue weighted by Crippen LogP contribution is 2.27. The Morgan fingerprint density at radius 1 is 1.45 bits per heavy atom. The van der Waals surface area contributed by atoms with E-state index < -0.39 is 0 Å². The number of nitrogens with one attached hydrogen (secondary N) is 1. The Balaban J connectivity index is 2.09. The lowest BCUT2D eigenvalue weighted by Gasteiger charge is -2.22. The zero-order chi connectivity index (χ0) is 14.9. The summed E-state index contributed by atoms with van der Waals surface area (Å²) in [6.07, 6.45) is 0. The van der Waals surface area contributed by atoms with E-state index in [0.29, 0.717) is 22.0 Å². The van der Waals surface area contributed by atoms with E-state index in [1.54, 1.807) is 18.2 Å². The number of thioether (sulfide) groups is 1. The van der Waals surface area contributed by atoms with Crippen LogP contribution < -0.4 is 11.1 Å². The van der Waals surface area contributed by atoms with Gasteiger partial charge < -0.3 is 15.5 Å². The van der Waals surface area contributed by atoms with Crippen LogP contribution in [-0.4, -0.2) is 21.7 Å². The quantitative estimate of drug-likeness (QED) is 0.672. The Morgan fingerprint density at radius 3 is 2.80 bits per heavy atom. The number of hydrogen-bond donors (Lipinski definition) is 2. The van der Waals surface area contributed by atoms with Gasteiger partial charge in [-0.2, -0.15) is 0 Å². The van der Waals surface area contributed by atoms with Crippen molar-refractivity contribution >= 4 is 34.5 Å². The van der Waals surface area contributed by atoms with Gasteiger partial charge in [-0.15, -0.1) is 0 Å². The largest absolute Gasteiger partial charge is 0.431 e. The second-order valence-electron chi connectivity index (χ2n) is 5.71. The van der Waals surface area contributed by atoms with Gasteiger partial charge in [0.2, 0.25) is 5.91 Å². The molecule has 0 radical (unpaired) electrons. The van der Waals surface area contributed by atoms with Gasteiger partial charge in [0, 0.05) is 11.2 Å². The molecule has 0 aliphatic rings. The average Bonchev–Trinajstić information content (AvgIpc) is 2.67. The lowest BCUT2D eigenvalue weighted by Crippen LogP contribution is -2.44. The minimum absolute atomic E-state index is 0.0377. The molecule has 1 heterocycles. The van der Waals surface area contributed by atoms with Gasteiger partial charge in [0.1, 0.15) is 5.52 Å². The number of carbonyl (C=O) groups is 1. The van der Waals surface area contributed by atoms with Crippen LogP contribution in [0, 0.1) is 0 Å². The molecule has 6 heteroatoms. The minimum Gasteiger partial charge on any atom is -0.431 e. The first-order valence-electron chi connectivity index (χ1n) is 6.39. The topological polar surface area (TPSA) is 81.2 Å². The number of benzene rings is 1. The molecule has 0 saturated heterocycles. The molecule has 0 aliphatic heterocycles. The number of nitrogen functional groups attached to an aromatic ring is 1. The fraction of sp³-hybridized carbons (Fsp3) is 0.429. The number of anilines is 1. The molecule has 1 amide bonds. The van der Waals surface area contributed by atoms with Crippen molar-refractivity contribution in [3.8, 4) is 0 Å². The van der Waals surface area contributed by atoms with Crippen molar-refractivity contribution in [2.75, 3.05) is 5.73 Å². The third kappa shape index (κ3) is 3.66. The molecule has 20 heavy (non-hydrogen) atoms. The van der Waals surface area contributed by atoms with Crippen molar-refractivity contribution in [3.05, 3.63) is 18.2 Å². The molecule has 108 valence electrons. The molecule has 0 bridgehead atoms. The van der Waals surface area contributed by atoms with Crippen LogP contribution in [0.25, 0.3) is 11.1 Å². The molecule has 0 aliphatic carbocycles. The summed E-state index contributed by atoms with van der Waals surface area (Å²) < 4.78 is 5.59. The second kappa shape index (κ2) is 5.36. The van der Waals surface area contributed by atoms with Gasteiger partial charge in [0.05, 0.1) is 5.25 Å². The number of hydrogen-bond acceptors (Lipinski definition) is 5. The molecule has 1 aromatic carbocycles. The fourth-order valence-electron chi connectivity index (χ4n) is 1.65. The SMILES string of the molecule is CC(Sc1nc2cc(N)ccc2o1)C(=O)NC(C)(C)C. The smallest absolute Gasteiger partial charge is 0.257 e. The highest BCUT2D eigenvalue weighted by Gasteiger charge is 2.22. The van der Waals surface area contributed by atoms with Gasteiger partial charge in [-0.05, 0) is 45.9 Å². The molecule has 1 unspecified atom stereocenters. The maximum absolute atomic E-state index is 12.0. The van der Waals surface area contributed by atoms with E-state index in [1.165, 1.54) is 11.8 Å². The average molecular weight is 293 g/mol. The lowest BCUT2D eigenvalue weighted by molar-refractivity contribution is -0.121. The van der Waals surface area contributed by atoms with E-state index in [0.717, 1.165) is 0 Å². The number of oxazole rings is 1. The van der Waals surface area contributed by atoms with Crippen LogP contribution >= 0.6 is 11.8 Å². The number of nitrogens with two attached hydrogens (primary N) is 1. The minimum atomic E-state index is -0.278. The Hall–Kier alpha value is -1.69. The number of amides is 1. The Labute approximate surface area is 122 Å². The lowest BCUT2D eigenvalue weighted by atomic mass is 10.1. The second-order valence-corrected chi connectivity index (χ2v) is 7.00. The van der Waals surface area contributed by atoms with Crippen LogP contribution in [0.3, 0.4) is 0 Å². The van der Waals surface area contributed by atoms with Crippen LogP contribution in [0.15, 0.2) is 27.8 Å². The Morgan fingerprint density at radius 2 is 2.15 bits per heavy atom. The van der Waals surface area contributed by atoms with Gasteiger partial charge in [0.15, 0.2) is 5.58 Å². The first-order chi connectivity index (χ1) is 9.24. The maximum atomic E-state index is 12.0. The third-order valence-corrected chi connectivity index (χ3v) is 3.48. The Bertz CT molecular complexity index is 631. The Kier molecular flexibility index (Phi) is 3.94. The first-order valence-corrected chi connectivity index (χ1v) is 7.27. The van der Waals surface area contributed by atoms with E-state index in [9.17, 15) is 4.79 Å². The predicted octanol–water partition coefficient (Wildman–Crippen LogP) is 2.81. The van der Waals surface area contributed by atoms with Crippen molar-refractivity contribution in [3.63, 3.8) is 0 Å². The zero-order valence-corrected chi connectivity index (χ0v) is 12.9. The van der Waals surface area contributed by atoms with Gasteiger partial charge >= 0.3 is 0 Å². The zero-order valence-electron chi connectivity index (χ0n) is 12.1. The molecule has 3 N–H and O–H groups in total. The van der Waals surface area contributed by atoms with Gasteiger partial charge in [0.25, 0.3) is 5.22 Å². The third-order valence-electron chi connectivity index (χ3n) is 2.54. The molecule has 1 aromatic heterocycles. The molecule has 0 spiro atoms. The summed E-state index contributed by atoms with van der Waals surface area (Å²) in [5.41, 5.74) is 7.47. The summed E-state index contributed by atoms with van der Waals surface area (Å²) in [4.78, 5) is 16.3. The summed E-state index contributed by atoms with van der Waals surface area (Å²) in [5.74, 6) is -0.0377. The highest BCUT2D eigenvalue weighted by atomic mass is 32.2. The van der Waals surface area contributed by atoms with Crippen molar-refractivity contribution in [2.24, 2.45) is 0 Å². The van der Waals surface area contributed by atoms with E-state index in [4.69, 9.17) is 10.2 Å². The normalized spacial score (nSPS) is 13.4. The monoisotopic (exact) mass is 293 g/mol. The number of nitrogens with zero attached hydrogens (tertiary/aromatic N) is 1. The van der Waals surface area contributed by atoms with Crippen LogP contribution in [-0.2, 0) is 4.79 Å². The van der Waals surface area contributed by atoms with Crippen LogP contribution in [0.4, 0.5) is 5.69 Å². The summed E-state index contributed by atoms with van der Waals surface area (Å²) in [7, 11) is 0.